The molecule has 0 radical (unpaired) electrons. The van der Waals surface area contributed by atoms with Crippen LogP contribution < -0.4 is 4.74 Å². The molecule has 0 N–H and O–H groups in total. The van der Waals surface area contributed by atoms with Crippen molar-refractivity contribution in [2.45, 2.75) is 39.4 Å². The summed E-state index contributed by atoms with van der Waals surface area (Å²) in [6.07, 6.45) is 2.77. The van der Waals surface area contributed by atoms with Crippen LogP contribution in [0.2, 0.25) is 5.02 Å². The Labute approximate surface area is 123 Å². The number of hydrogen-bond donors (Lipinski definition) is 0. The van der Waals surface area contributed by atoms with E-state index in [0.29, 0.717) is 11.3 Å². The highest BCUT2D eigenvalue weighted by Crippen LogP contribution is 2.28. The molecule has 0 aromatic carbocycles. The number of pyridine rings is 1. The van der Waals surface area contributed by atoms with Crippen LogP contribution in [0.25, 0.3) is 0 Å². The van der Waals surface area contributed by atoms with Crippen LogP contribution in [0.1, 0.15) is 40.2 Å². The largest absolute Gasteiger partial charge is 0.494 e. The molecule has 1 rings (SSSR count). The van der Waals surface area contributed by atoms with Crippen LogP contribution in [0.5, 0.6) is 5.75 Å². The third kappa shape index (κ3) is 6.25. The summed E-state index contributed by atoms with van der Waals surface area (Å²) in [4.78, 5) is 3.47. The average molecular weight is 307 g/mol. The van der Waals surface area contributed by atoms with E-state index in [2.05, 4.69) is 9.38 Å². The topological polar surface area (TPSA) is 34.5 Å². The van der Waals surface area contributed by atoms with E-state index in [1.165, 1.54) is 31.5 Å². The van der Waals surface area contributed by atoms with Gasteiger partial charge in [-0.25, -0.2) is 9.38 Å². The van der Waals surface area contributed by atoms with Crippen molar-refractivity contribution in [3.8, 4) is 5.75 Å². The van der Waals surface area contributed by atoms with Gasteiger partial charge in [0.15, 0.2) is 0 Å². The lowest BCUT2D eigenvalue weighted by Gasteiger charge is -2.12. The van der Waals surface area contributed by atoms with Gasteiger partial charge < -0.3 is 4.74 Å². The lowest BCUT2D eigenvalue weighted by molar-refractivity contribution is 0.409. The molecule has 0 atom stereocenters. The average Bonchev–Trinajstić information content (AvgIpc) is 2.36. The fourth-order valence-corrected chi connectivity index (χ4v) is 1.65. The highest BCUT2D eigenvalue weighted by Gasteiger charge is 2.13. The van der Waals surface area contributed by atoms with Gasteiger partial charge >= 0.3 is 0 Å². The number of methoxy groups -OCH3 is 1. The number of ether oxygens (including phenoxy) is 1. The van der Waals surface area contributed by atoms with Crippen LogP contribution in [0.15, 0.2) is 10.6 Å². The van der Waals surface area contributed by atoms with Gasteiger partial charge in [-0.15, -0.1) is 0 Å². The van der Waals surface area contributed by atoms with Gasteiger partial charge in [-0.1, -0.05) is 25.4 Å². The van der Waals surface area contributed by atoms with E-state index in [4.69, 9.17) is 16.3 Å². The molecule has 0 spiro atoms. The summed E-state index contributed by atoms with van der Waals surface area (Å²) < 4.78 is 22.4. The summed E-state index contributed by atoms with van der Waals surface area (Å²) in [6, 6.07) is 0. The smallest absolute Gasteiger partial charge is 0.232 e. The van der Waals surface area contributed by atoms with Gasteiger partial charge in [0.2, 0.25) is 5.95 Å². The molecule has 0 aliphatic heterocycles. The molecular weight excluding hydrogens is 287 g/mol. The summed E-state index contributed by atoms with van der Waals surface area (Å²) in [6.45, 7) is 10.1. The van der Waals surface area contributed by atoms with Gasteiger partial charge in [0.25, 0.3) is 0 Å². The molecular formula is C13H20ClFN2OS. The SMILES string of the molecule is CC.COc1cnc(F)c(Cl)c1/C=N/SC(C)(C)C. The lowest BCUT2D eigenvalue weighted by atomic mass is 10.2. The molecule has 0 amide bonds. The molecule has 6 heteroatoms. The molecule has 0 aliphatic carbocycles. The second kappa shape index (κ2) is 8.38. The number of rotatable bonds is 3. The monoisotopic (exact) mass is 306 g/mol. The van der Waals surface area contributed by atoms with Gasteiger partial charge in [-0.05, 0) is 32.7 Å². The van der Waals surface area contributed by atoms with Crippen LogP contribution in [0.4, 0.5) is 4.39 Å². The van der Waals surface area contributed by atoms with E-state index >= 15 is 0 Å². The number of nitrogens with zero attached hydrogens (tertiary/aromatic N) is 2. The molecule has 1 heterocycles. The van der Waals surface area contributed by atoms with E-state index in [1.807, 2.05) is 34.6 Å². The highest BCUT2D eigenvalue weighted by atomic mass is 35.5. The Kier molecular flexibility index (Phi) is 8.02. The molecule has 1 aromatic rings. The lowest BCUT2D eigenvalue weighted by Crippen LogP contribution is -2.05. The zero-order valence-corrected chi connectivity index (χ0v) is 13.7. The molecule has 3 nitrogen and oxygen atoms in total. The van der Waals surface area contributed by atoms with Gasteiger partial charge in [-0.3, -0.25) is 0 Å². The predicted octanol–water partition coefficient (Wildman–Crippen LogP) is 4.77. The number of hydrogen-bond acceptors (Lipinski definition) is 4. The molecule has 108 valence electrons. The van der Waals surface area contributed by atoms with E-state index in [0.717, 1.165) is 0 Å². The summed E-state index contributed by atoms with van der Waals surface area (Å²) in [5, 5.41) is -0.0809. The Morgan fingerprint density at radius 3 is 2.47 bits per heavy atom. The zero-order valence-electron chi connectivity index (χ0n) is 12.1. The summed E-state index contributed by atoms with van der Waals surface area (Å²) >= 11 is 7.18. The molecule has 19 heavy (non-hydrogen) atoms. The van der Waals surface area contributed by atoms with E-state index in [-0.39, 0.29) is 9.77 Å². The Bertz CT molecular complexity index is 433. The van der Waals surface area contributed by atoms with Gasteiger partial charge in [-0.2, -0.15) is 4.39 Å². The van der Waals surface area contributed by atoms with Crippen LogP contribution >= 0.6 is 23.5 Å². The highest BCUT2D eigenvalue weighted by molar-refractivity contribution is 7.99. The predicted molar refractivity (Wildman–Crippen MR) is 82.0 cm³/mol. The fourth-order valence-electron chi connectivity index (χ4n) is 0.981. The maximum Gasteiger partial charge on any atom is 0.232 e. The molecule has 0 unspecified atom stereocenters. The van der Waals surface area contributed by atoms with Crippen molar-refractivity contribution in [3.63, 3.8) is 0 Å². The van der Waals surface area contributed by atoms with E-state index in [1.54, 1.807) is 0 Å². The quantitative estimate of drug-likeness (QED) is 0.458. The molecule has 1 aromatic heterocycles. The molecule has 0 aliphatic rings. The van der Waals surface area contributed by atoms with Gasteiger partial charge in [0.1, 0.15) is 10.8 Å². The normalized spacial score (nSPS) is 11.2. The van der Waals surface area contributed by atoms with Crippen molar-refractivity contribution < 1.29 is 9.13 Å². The minimum Gasteiger partial charge on any atom is -0.494 e. The summed E-state index contributed by atoms with van der Waals surface area (Å²) in [5.41, 5.74) is 0.401. The van der Waals surface area contributed by atoms with Crippen molar-refractivity contribution in [2.75, 3.05) is 7.11 Å². The van der Waals surface area contributed by atoms with Crippen molar-refractivity contribution in [3.05, 3.63) is 22.7 Å². The standard InChI is InChI=1S/C11H14ClFN2OS.C2H6/c1-11(2,3)17-15-5-7-8(16-4)6-14-10(13)9(7)12;1-2/h5-6H,1-4H3;1-2H3/b15-5+;. The van der Waals surface area contributed by atoms with Crippen molar-refractivity contribution in [2.24, 2.45) is 4.40 Å². The first kappa shape index (κ1) is 18.2. The molecule has 0 saturated carbocycles. The Morgan fingerprint density at radius 1 is 1.42 bits per heavy atom. The Balaban J connectivity index is 0.00000154. The maximum absolute atomic E-state index is 13.2. The first-order chi connectivity index (χ1) is 8.85. The minimum atomic E-state index is -0.727. The molecule has 0 fully saturated rings. The van der Waals surface area contributed by atoms with Crippen LogP contribution in [0.3, 0.4) is 0 Å². The minimum absolute atomic E-state index is 0.0121. The second-order valence-corrected chi connectivity index (χ2v) is 6.28. The van der Waals surface area contributed by atoms with Gasteiger partial charge in [0.05, 0.1) is 18.9 Å². The fraction of sp³-hybridized carbons (Fsp3) is 0.538. The number of aromatic nitrogens is 1. The summed E-state index contributed by atoms with van der Waals surface area (Å²) in [5.74, 6) is -0.329. The number of halogens is 2. The van der Waals surface area contributed by atoms with Crippen LogP contribution in [-0.2, 0) is 0 Å². The van der Waals surface area contributed by atoms with E-state index < -0.39 is 5.95 Å². The molecule has 0 bridgehead atoms. The summed E-state index contributed by atoms with van der Waals surface area (Å²) in [7, 11) is 1.47. The third-order valence-electron chi connectivity index (χ3n) is 1.71. The van der Waals surface area contributed by atoms with E-state index in [9.17, 15) is 4.39 Å². The van der Waals surface area contributed by atoms with Crippen molar-refractivity contribution in [1.29, 1.82) is 0 Å². The molecule has 0 saturated heterocycles. The Hall–Kier alpha value is -0.810. The van der Waals surface area contributed by atoms with Crippen LogP contribution in [-0.4, -0.2) is 23.1 Å². The van der Waals surface area contributed by atoms with Crippen molar-refractivity contribution >= 4 is 29.8 Å². The van der Waals surface area contributed by atoms with Gasteiger partial charge in [0, 0.05) is 11.0 Å². The second-order valence-electron chi connectivity index (χ2n) is 4.28. The first-order valence-electron chi connectivity index (χ1n) is 5.94. The zero-order chi connectivity index (χ0) is 15.1. The first-order valence-corrected chi connectivity index (χ1v) is 7.10. The Morgan fingerprint density at radius 2 is 2.00 bits per heavy atom. The van der Waals surface area contributed by atoms with Crippen LogP contribution in [0, 0.1) is 5.95 Å². The third-order valence-corrected chi connectivity index (χ3v) is 2.82. The van der Waals surface area contributed by atoms with Crippen molar-refractivity contribution in [1.82, 2.24) is 4.98 Å². The maximum atomic E-state index is 13.2.